The fourth-order valence-corrected chi connectivity index (χ4v) is 3.74. The first kappa shape index (κ1) is 16.9. The van der Waals surface area contributed by atoms with Crippen LogP contribution >= 0.6 is 11.3 Å². The molecule has 128 valence electrons. The van der Waals surface area contributed by atoms with E-state index in [4.69, 9.17) is 9.47 Å². The van der Waals surface area contributed by atoms with Gasteiger partial charge in [0.25, 0.3) is 5.91 Å². The molecule has 2 aromatic rings. The van der Waals surface area contributed by atoms with E-state index in [-0.39, 0.29) is 11.9 Å². The van der Waals surface area contributed by atoms with Gasteiger partial charge in [-0.1, -0.05) is 6.07 Å². The SMILES string of the molecule is COCCOc1cccc(C(=O)N2CCCC[C@@H]2c2nccs2)c1. The maximum atomic E-state index is 13.0. The highest BCUT2D eigenvalue weighted by molar-refractivity contribution is 7.09. The second kappa shape index (κ2) is 8.26. The first-order valence-electron chi connectivity index (χ1n) is 8.22. The normalized spacial score (nSPS) is 17.7. The van der Waals surface area contributed by atoms with Gasteiger partial charge in [-0.25, -0.2) is 4.98 Å². The van der Waals surface area contributed by atoms with E-state index in [1.54, 1.807) is 18.4 Å². The average Bonchev–Trinajstić information content (AvgIpc) is 3.16. The number of hydrogen-bond donors (Lipinski definition) is 0. The molecule has 1 aromatic carbocycles. The molecule has 2 heterocycles. The molecule has 0 saturated carbocycles. The summed E-state index contributed by atoms with van der Waals surface area (Å²) < 4.78 is 10.6. The summed E-state index contributed by atoms with van der Waals surface area (Å²) in [6.45, 7) is 1.77. The second-order valence-electron chi connectivity index (χ2n) is 5.75. The van der Waals surface area contributed by atoms with E-state index in [2.05, 4.69) is 4.98 Å². The lowest BCUT2D eigenvalue weighted by Gasteiger charge is -2.34. The molecule has 1 aliphatic rings. The third-order valence-electron chi connectivity index (χ3n) is 4.14. The van der Waals surface area contributed by atoms with Gasteiger partial charge in [0.05, 0.1) is 12.6 Å². The summed E-state index contributed by atoms with van der Waals surface area (Å²) in [5.74, 6) is 0.743. The molecular weight excluding hydrogens is 324 g/mol. The zero-order valence-electron chi connectivity index (χ0n) is 13.8. The predicted octanol–water partition coefficient (Wildman–Crippen LogP) is 3.54. The van der Waals surface area contributed by atoms with Crippen molar-refractivity contribution in [3.63, 3.8) is 0 Å². The minimum Gasteiger partial charge on any atom is -0.491 e. The molecule has 1 fully saturated rings. The third kappa shape index (κ3) is 3.94. The quantitative estimate of drug-likeness (QED) is 0.751. The van der Waals surface area contributed by atoms with Crippen LogP contribution in [0.3, 0.4) is 0 Å². The zero-order chi connectivity index (χ0) is 16.8. The molecule has 1 aromatic heterocycles. The van der Waals surface area contributed by atoms with Crippen molar-refractivity contribution < 1.29 is 14.3 Å². The average molecular weight is 346 g/mol. The number of carbonyl (C=O) groups excluding carboxylic acids is 1. The van der Waals surface area contributed by atoms with Crippen LogP contribution < -0.4 is 4.74 Å². The Labute approximate surface area is 146 Å². The van der Waals surface area contributed by atoms with Gasteiger partial charge in [0, 0.05) is 30.8 Å². The number of thiazole rings is 1. The minimum absolute atomic E-state index is 0.0482. The third-order valence-corrected chi connectivity index (χ3v) is 5.01. The van der Waals surface area contributed by atoms with Crippen molar-refractivity contribution in [2.24, 2.45) is 0 Å². The van der Waals surface area contributed by atoms with Gasteiger partial charge < -0.3 is 14.4 Å². The van der Waals surface area contributed by atoms with Crippen molar-refractivity contribution in [3.05, 3.63) is 46.4 Å². The van der Waals surface area contributed by atoms with Crippen LogP contribution in [-0.4, -0.2) is 42.7 Å². The van der Waals surface area contributed by atoms with E-state index in [1.807, 2.05) is 40.7 Å². The van der Waals surface area contributed by atoms with Crippen molar-refractivity contribution in [2.75, 3.05) is 26.9 Å². The fourth-order valence-electron chi connectivity index (χ4n) is 2.96. The number of amides is 1. The maximum Gasteiger partial charge on any atom is 0.254 e. The molecule has 24 heavy (non-hydrogen) atoms. The molecule has 1 aliphatic heterocycles. The molecule has 0 spiro atoms. The van der Waals surface area contributed by atoms with Crippen LogP contribution in [0, 0.1) is 0 Å². The van der Waals surface area contributed by atoms with E-state index in [0.29, 0.717) is 24.5 Å². The summed E-state index contributed by atoms with van der Waals surface area (Å²) in [5, 5.41) is 2.99. The highest BCUT2D eigenvalue weighted by Crippen LogP contribution is 2.33. The van der Waals surface area contributed by atoms with Crippen LogP contribution in [0.4, 0.5) is 0 Å². The highest BCUT2D eigenvalue weighted by atomic mass is 32.1. The standard InChI is InChI=1S/C18H22N2O3S/c1-22-10-11-23-15-6-4-5-14(13-15)18(21)20-9-3-2-7-16(20)17-19-8-12-24-17/h4-6,8,12-13,16H,2-3,7,9-11H2,1H3/t16-/m1/s1. The summed E-state index contributed by atoms with van der Waals surface area (Å²) in [4.78, 5) is 19.4. The molecule has 3 rings (SSSR count). The Morgan fingerprint density at radius 2 is 2.29 bits per heavy atom. The van der Waals surface area contributed by atoms with Gasteiger partial charge >= 0.3 is 0 Å². The number of benzene rings is 1. The number of carbonyl (C=O) groups is 1. The Bertz CT molecular complexity index is 660. The van der Waals surface area contributed by atoms with Crippen molar-refractivity contribution >= 4 is 17.2 Å². The smallest absolute Gasteiger partial charge is 0.254 e. The summed E-state index contributed by atoms with van der Waals surface area (Å²) >= 11 is 1.62. The fraction of sp³-hybridized carbons (Fsp3) is 0.444. The van der Waals surface area contributed by atoms with Crippen molar-refractivity contribution in [1.82, 2.24) is 9.88 Å². The number of hydrogen-bond acceptors (Lipinski definition) is 5. The van der Waals surface area contributed by atoms with E-state index >= 15 is 0 Å². The van der Waals surface area contributed by atoms with E-state index in [9.17, 15) is 4.79 Å². The highest BCUT2D eigenvalue weighted by Gasteiger charge is 2.30. The molecule has 6 heteroatoms. The van der Waals surface area contributed by atoms with Gasteiger partial charge in [-0.15, -0.1) is 11.3 Å². The predicted molar refractivity (Wildman–Crippen MR) is 93.6 cm³/mol. The zero-order valence-corrected chi connectivity index (χ0v) is 14.6. The van der Waals surface area contributed by atoms with Gasteiger partial charge in [0.1, 0.15) is 17.4 Å². The van der Waals surface area contributed by atoms with Gasteiger partial charge in [-0.05, 0) is 37.5 Å². The first-order valence-corrected chi connectivity index (χ1v) is 9.09. The van der Waals surface area contributed by atoms with Gasteiger partial charge in [-0.2, -0.15) is 0 Å². The number of nitrogens with zero attached hydrogens (tertiary/aromatic N) is 2. The van der Waals surface area contributed by atoms with Gasteiger partial charge in [0.15, 0.2) is 0 Å². The molecule has 1 amide bonds. The summed E-state index contributed by atoms with van der Waals surface area (Å²) in [7, 11) is 1.64. The van der Waals surface area contributed by atoms with Crippen LogP contribution in [0.1, 0.15) is 40.7 Å². The molecular formula is C18H22N2O3S. The number of ether oxygens (including phenoxy) is 2. The molecule has 0 unspecified atom stereocenters. The lowest BCUT2D eigenvalue weighted by Crippen LogP contribution is -2.38. The molecule has 0 bridgehead atoms. The Balaban J connectivity index is 1.75. The van der Waals surface area contributed by atoms with Gasteiger partial charge in [0.2, 0.25) is 0 Å². The second-order valence-corrected chi connectivity index (χ2v) is 6.68. The molecule has 1 atom stereocenters. The molecule has 0 N–H and O–H groups in total. The molecule has 1 saturated heterocycles. The van der Waals surface area contributed by atoms with Crippen molar-refractivity contribution in [1.29, 1.82) is 0 Å². The number of likely N-dealkylation sites (tertiary alicyclic amines) is 1. The molecule has 0 aliphatic carbocycles. The van der Waals surface area contributed by atoms with Crippen LogP contribution in [0.5, 0.6) is 5.75 Å². The van der Waals surface area contributed by atoms with E-state index in [1.165, 1.54) is 0 Å². The Morgan fingerprint density at radius 3 is 3.08 bits per heavy atom. The van der Waals surface area contributed by atoms with Crippen LogP contribution in [-0.2, 0) is 4.74 Å². The Kier molecular flexibility index (Phi) is 5.82. The summed E-state index contributed by atoms with van der Waals surface area (Å²) in [6.07, 6.45) is 4.96. The lowest BCUT2D eigenvalue weighted by molar-refractivity contribution is 0.0610. The summed E-state index contributed by atoms with van der Waals surface area (Å²) in [5.41, 5.74) is 0.661. The Hall–Kier alpha value is -1.92. The Morgan fingerprint density at radius 1 is 1.38 bits per heavy atom. The number of rotatable bonds is 6. The minimum atomic E-state index is 0.0482. The van der Waals surface area contributed by atoms with E-state index in [0.717, 1.165) is 30.8 Å². The van der Waals surface area contributed by atoms with Crippen LogP contribution in [0.2, 0.25) is 0 Å². The maximum absolute atomic E-state index is 13.0. The number of piperidine rings is 1. The van der Waals surface area contributed by atoms with Gasteiger partial charge in [-0.3, -0.25) is 4.79 Å². The summed E-state index contributed by atoms with van der Waals surface area (Å²) in [6, 6.07) is 7.47. The molecule has 0 radical (unpaired) electrons. The largest absolute Gasteiger partial charge is 0.491 e. The molecule has 5 nitrogen and oxygen atoms in total. The van der Waals surface area contributed by atoms with Crippen LogP contribution in [0.25, 0.3) is 0 Å². The lowest BCUT2D eigenvalue weighted by atomic mass is 10.0. The van der Waals surface area contributed by atoms with Crippen LogP contribution in [0.15, 0.2) is 35.8 Å². The number of methoxy groups -OCH3 is 1. The number of aromatic nitrogens is 1. The van der Waals surface area contributed by atoms with E-state index < -0.39 is 0 Å². The van der Waals surface area contributed by atoms with Crippen molar-refractivity contribution in [3.8, 4) is 5.75 Å². The van der Waals surface area contributed by atoms with Crippen molar-refractivity contribution in [2.45, 2.75) is 25.3 Å². The topological polar surface area (TPSA) is 51.7 Å². The first-order chi connectivity index (χ1) is 11.8. The monoisotopic (exact) mass is 346 g/mol.